The van der Waals surface area contributed by atoms with Gasteiger partial charge >= 0.3 is 0 Å². The van der Waals surface area contributed by atoms with Crippen LogP contribution in [0.5, 0.6) is 0 Å². The molecule has 9 heavy (non-hydrogen) atoms. The van der Waals surface area contributed by atoms with Crippen LogP contribution in [0.4, 0.5) is 0 Å². The normalized spacial score (nSPS) is 17.3. The molecular formula is C6H6N2O. The Kier molecular flexibility index (Phi) is 1.02. The van der Waals surface area contributed by atoms with Crippen molar-refractivity contribution >= 4 is 0 Å². The molecule has 3 heteroatoms. The van der Waals surface area contributed by atoms with Crippen molar-refractivity contribution in [1.82, 2.24) is 10.5 Å². The van der Waals surface area contributed by atoms with E-state index in [1.54, 1.807) is 6.20 Å². The van der Waals surface area contributed by atoms with Crippen LogP contribution in [-0.2, 0) is 6.42 Å². The lowest BCUT2D eigenvalue weighted by Gasteiger charge is -2.06. The largest absolute Gasteiger partial charge is 0.359 e. The SMILES string of the molecule is [C]1NCCc2cnoc21. The fraction of sp³-hybridized carbons (Fsp3) is 0.333. The van der Waals surface area contributed by atoms with Crippen LogP contribution in [0, 0.1) is 6.54 Å². The van der Waals surface area contributed by atoms with Crippen molar-refractivity contribution in [3.8, 4) is 0 Å². The molecule has 0 atom stereocenters. The molecule has 2 rings (SSSR count). The quantitative estimate of drug-likeness (QED) is 0.534. The minimum atomic E-state index is 0.751. The van der Waals surface area contributed by atoms with Crippen LogP contribution in [0.3, 0.4) is 0 Å². The Bertz CT molecular complexity index is 186. The lowest BCUT2D eigenvalue weighted by atomic mass is 10.1. The standard InChI is InChI=1S/C6H6N2O/c1-2-7-4-6-5(1)3-8-9-6/h3,7H,1-2H2. The van der Waals surface area contributed by atoms with Crippen molar-refractivity contribution in [3.05, 3.63) is 24.1 Å². The first-order valence-electron chi connectivity index (χ1n) is 2.89. The highest BCUT2D eigenvalue weighted by atomic mass is 16.5. The molecule has 0 aliphatic carbocycles. The van der Waals surface area contributed by atoms with E-state index in [0.717, 1.165) is 24.3 Å². The third-order valence-electron chi connectivity index (χ3n) is 1.37. The average Bonchev–Trinajstić information content (AvgIpc) is 2.33. The molecule has 0 fully saturated rings. The zero-order valence-corrected chi connectivity index (χ0v) is 4.85. The smallest absolute Gasteiger partial charge is 0.164 e. The van der Waals surface area contributed by atoms with Crippen molar-refractivity contribution < 1.29 is 4.52 Å². The van der Waals surface area contributed by atoms with Gasteiger partial charge < -0.3 is 9.84 Å². The molecule has 0 amide bonds. The Labute approximate surface area is 53.0 Å². The Balaban J connectivity index is 2.39. The van der Waals surface area contributed by atoms with Crippen LogP contribution >= 0.6 is 0 Å². The molecular weight excluding hydrogens is 116 g/mol. The van der Waals surface area contributed by atoms with Crippen LogP contribution in [0.1, 0.15) is 11.3 Å². The second kappa shape index (κ2) is 1.84. The molecule has 2 radical (unpaired) electrons. The predicted octanol–water partition coefficient (Wildman–Crippen LogP) is 0.207. The van der Waals surface area contributed by atoms with Crippen LogP contribution in [0.15, 0.2) is 10.7 Å². The lowest BCUT2D eigenvalue weighted by molar-refractivity contribution is 0.392. The molecule has 0 bridgehead atoms. The summed E-state index contributed by atoms with van der Waals surface area (Å²) in [5.41, 5.74) is 1.15. The summed E-state index contributed by atoms with van der Waals surface area (Å²) < 4.78 is 4.83. The van der Waals surface area contributed by atoms with E-state index >= 15 is 0 Å². The first-order chi connectivity index (χ1) is 4.47. The zero-order valence-electron chi connectivity index (χ0n) is 4.85. The summed E-state index contributed by atoms with van der Waals surface area (Å²) in [5.74, 6) is 0.751. The van der Waals surface area contributed by atoms with Gasteiger partial charge in [0.05, 0.1) is 6.20 Å². The number of nitrogens with one attached hydrogen (secondary N) is 1. The molecule has 0 saturated heterocycles. The highest BCUT2D eigenvalue weighted by Gasteiger charge is 2.12. The molecule has 1 aliphatic heterocycles. The molecule has 1 N–H and O–H groups in total. The third-order valence-corrected chi connectivity index (χ3v) is 1.37. The molecule has 1 aliphatic rings. The average molecular weight is 122 g/mol. The van der Waals surface area contributed by atoms with Crippen LogP contribution < -0.4 is 5.32 Å². The van der Waals surface area contributed by atoms with Crippen molar-refractivity contribution in [2.75, 3.05) is 6.54 Å². The first-order valence-corrected chi connectivity index (χ1v) is 2.89. The maximum Gasteiger partial charge on any atom is 0.164 e. The van der Waals surface area contributed by atoms with Crippen molar-refractivity contribution in [2.24, 2.45) is 0 Å². The highest BCUT2D eigenvalue weighted by Crippen LogP contribution is 2.12. The highest BCUT2D eigenvalue weighted by molar-refractivity contribution is 5.22. The fourth-order valence-corrected chi connectivity index (χ4v) is 0.881. The second-order valence-corrected chi connectivity index (χ2v) is 1.98. The Hall–Kier alpha value is -0.830. The van der Waals surface area contributed by atoms with Gasteiger partial charge in [0.15, 0.2) is 5.76 Å². The van der Waals surface area contributed by atoms with E-state index in [1.165, 1.54) is 0 Å². The summed E-state index contributed by atoms with van der Waals surface area (Å²) in [6.07, 6.45) is 2.73. The molecule has 2 heterocycles. The molecule has 3 nitrogen and oxygen atoms in total. The number of hydrogen-bond donors (Lipinski definition) is 1. The van der Waals surface area contributed by atoms with Crippen molar-refractivity contribution in [1.29, 1.82) is 0 Å². The van der Waals surface area contributed by atoms with Gasteiger partial charge in [-0.1, -0.05) is 5.16 Å². The van der Waals surface area contributed by atoms with Gasteiger partial charge in [0.1, 0.15) is 6.54 Å². The van der Waals surface area contributed by atoms with Gasteiger partial charge in [-0.05, 0) is 6.42 Å². The van der Waals surface area contributed by atoms with E-state index < -0.39 is 0 Å². The number of nitrogens with zero attached hydrogens (tertiary/aromatic N) is 1. The Morgan fingerprint density at radius 3 is 3.67 bits per heavy atom. The summed E-state index contributed by atoms with van der Waals surface area (Å²) >= 11 is 0. The van der Waals surface area contributed by atoms with Crippen molar-refractivity contribution in [2.45, 2.75) is 6.42 Å². The van der Waals surface area contributed by atoms with E-state index in [-0.39, 0.29) is 0 Å². The summed E-state index contributed by atoms with van der Waals surface area (Å²) in [5, 5.41) is 6.57. The topological polar surface area (TPSA) is 38.1 Å². The van der Waals surface area contributed by atoms with Gasteiger partial charge in [-0.15, -0.1) is 0 Å². The molecule has 0 aromatic carbocycles. The lowest BCUT2D eigenvalue weighted by Crippen LogP contribution is -2.19. The van der Waals surface area contributed by atoms with Gasteiger partial charge in [0.2, 0.25) is 0 Å². The molecule has 0 unspecified atom stereocenters. The van der Waals surface area contributed by atoms with Gasteiger partial charge in [-0.25, -0.2) is 0 Å². The monoisotopic (exact) mass is 122 g/mol. The number of hydrogen-bond acceptors (Lipinski definition) is 3. The summed E-state index contributed by atoms with van der Waals surface area (Å²) in [6.45, 7) is 3.80. The van der Waals surface area contributed by atoms with Crippen molar-refractivity contribution in [3.63, 3.8) is 0 Å². The van der Waals surface area contributed by atoms with Gasteiger partial charge in [-0.2, -0.15) is 0 Å². The molecule has 0 saturated carbocycles. The van der Waals surface area contributed by atoms with E-state index in [1.807, 2.05) is 0 Å². The summed E-state index contributed by atoms with van der Waals surface area (Å²) in [7, 11) is 0. The first kappa shape index (κ1) is 4.99. The minimum Gasteiger partial charge on any atom is -0.359 e. The van der Waals surface area contributed by atoms with E-state index in [0.29, 0.717) is 0 Å². The predicted molar refractivity (Wildman–Crippen MR) is 30.6 cm³/mol. The maximum absolute atomic E-state index is 4.83. The summed E-state index contributed by atoms with van der Waals surface area (Å²) in [4.78, 5) is 0. The molecule has 1 aromatic heterocycles. The van der Waals surface area contributed by atoms with Crippen LogP contribution in [0.2, 0.25) is 0 Å². The van der Waals surface area contributed by atoms with Crippen LogP contribution in [-0.4, -0.2) is 11.7 Å². The number of aromatic nitrogens is 1. The number of fused-ring (bicyclic) bond motifs is 1. The van der Waals surface area contributed by atoms with Gasteiger partial charge in [0, 0.05) is 12.1 Å². The Morgan fingerprint density at radius 2 is 2.78 bits per heavy atom. The summed E-state index contributed by atoms with van der Waals surface area (Å²) in [6, 6.07) is 0. The molecule has 1 aromatic rings. The van der Waals surface area contributed by atoms with Gasteiger partial charge in [0.25, 0.3) is 0 Å². The third kappa shape index (κ3) is 0.733. The maximum atomic E-state index is 4.83. The fourth-order valence-electron chi connectivity index (χ4n) is 0.881. The zero-order chi connectivity index (χ0) is 6.10. The number of rotatable bonds is 0. The second-order valence-electron chi connectivity index (χ2n) is 1.98. The molecule has 0 spiro atoms. The molecule has 46 valence electrons. The van der Waals surface area contributed by atoms with E-state index in [2.05, 4.69) is 17.0 Å². The Morgan fingerprint density at radius 1 is 1.78 bits per heavy atom. The van der Waals surface area contributed by atoms with E-state index in [9.17, 15) is 0 Å². The van der Waals surface area contributed by atoms with Crippen LogP contribution in [0.25, 0.3) is 0 Å². The minimum absolute atomic E-state index is 0.751. The van der Waals surface area contributed by atoms with Gasteiger partial charge in [-0.3, -0.25) is 0 Å². The van der Waals surface area contributed by atoms with E-state index in [4.69, 9.17) is 4.52 Å².